The molecule has 0 N–H and O–H groups in total. The van der Waals surface area contributed by atoms with Crippen LogP contribution in [0, 0.1) is 0 Å². The van der Waals surface area contributed by atoms with Crippen LogP contribution in [0.15, 0.2) is 243 Å². The van der Waals surface area contributed by atoms with Gasteiger partial charge in [-0.05, 0) is 131 Å². The molecular weight excluding hydrogens is 821 g/mol. The highest BCUT2D eigenvalue weighted by molar-refractivity contribution is 6.09. The van der Waals surface area contributed by atoms with Crippen molar-refractivity contribution in [2.45, 2.75) is 24.7 Å². The van der Waals surface area contributed by atoms with Gasteiger partial charge in [0.05, 0.1) is 28.2 Å². The van der Waals surface area contributed by atoms with Crippen molar-refractivity contribution < 1.29 is 0 Å². The van der Waals surface area contributed by atoms with Gasteiger partial charge < -0.3 is 9.80 Å². The van der Waals surface area contributed by atoms with E-state index < -0.39 is 5.41 Å². The van der Waals surface area contributed by atoms with E-state index in [9.17, 15) is 0 Å². The van der Waals surface area contributed by atoms with Crippen LogP contribution in [0.3, 0.4) is 0 Å². The number of rotatable bonds is 5. The molecule has 1 aliphatic heterocycles. The van der Waals surface area contributed by atoms with Crippen molar-refractivity contribution >= 4 is 55.7 Å². The summed E-state index contributed by atoms with van der Waals surface area (Å²) < 4.78 is 0. The second-order valence-corrected chi connectivity index (χ2v) is 19.2. The minimum absolute atomic E-state index is 0.288. The fourth-order valence-electron chi connectivity index (χ4n) is 12.5. The summed E-state index contributed by atoms with van der Waals surface area (Å²) in [7, 11) is 0. The van der Waals surface area contributed by atoms with Crippen LogP contribution in [-0.2, 0) is 10.8 Å². The second kappa shape index (κ2) is 14.5. The molecule has 1 heterocycles. The Kier molecular flexibility index (Phi) is 8.28. The van der Waals surface area contributed by atoms with Gasteiger partial charge in [0, 0.05) is 22.2 Å². The van der Waals surface area contributed by atoms with Crippen LogP contribution < -0.4 is 9.80 Å². The van der Waals surface area contributed by atoms with Crippen molar-refractivity contribution in [1.82, 2.24) is 0 Å². The molecule has 2 heteroatoms. The highest BCUT2D eigenvalue weighted by Crippen LogP contribution is 2.64. The quantitative estimate of drug-likeness (QED) is 0.170. The van der Waals surface area contributed by atoms with Crippen LogP contribution in [0.5, 0.6) is 0 Å². The van der Waals surface area contributed by atoms with Gasteiger partial charge in [-0.2, -0.15) is 0 Å². The van der Waals surface area contributed by atoms with Crippen LogP contribution in [-0.4, -0.2) is 0 Å². The first-order chi connectivity index (χ1) is 33.5. The zero-order chi connectivity index (χ0) is 45.1. The fraction of sp³-hybridized carbons (Fsp3) is 0.0606. The molecule has 1 spiro atoms. The van der Waals surface area contributed by atoms with Crippen LogP contribution >= 0.6 is 0 Å². The molecule has 320 valence electrons. The van der Waals surface area contributed by atoms with Gasteiger partial charge in [-0.15, -0.1) is 0 Å². The number of anilines is 6. The Labute approximate surface area is 397 Å². The molecule has 2 aliphatic carbocycles. The monoisotopic (exact) mass is 866 g/mol. The van der Waals surface area contributed by atoms with Gasteiger partial charge in [0.25, 0.3) is 0 Å². The summed E-state index contributed by atoms with van der Waals surface area (Å²) in [5.41, 5.74) is 21.7. The Morgan fingerprint density at radius 2 is 0.868 bits per heavy atom. The Morgan fingerprint density at radius 3 is 1.57 bits per heavy atom. The van der Waals surface area contributed by atoms with Gasteiger partial charge in [0.1, 0.15) is 0 Å². The van der Waals surface area contributed by atoms with E-state index in [1.54, 1.807) is 0 Å². The number of para-hydroxylation sites is 2. The zero-order valence-electron chi connectivity index (χ0n) is 38.0. The van der Waals surface area contributed by atoms with E-state index in [4.69, 9.17) is 0 Å². The third kappa shape index (κ3) is 5.29. The molecule has 3 aliphatic rings. The molecule has 2 nitrogen and oxygen atoms in total. The number of benzene rings is 11. The summed E-state index contributed by atoms with van der Waals surface area (Å²) in [6, 6.07) is 90.7. The molecule has 0 radical (unpaired) electrons. The van der Waals surface area contributed by atoms with Gasteiger partial charge in [-0.1, -0.05) is 208 Å². The molecule has 11 aromatic rings. The summed E-state index contributed by atoms with van der Waals surface area (Å²) in [4.78, 5) is 5.09. The standard InChI is InChI=1S/C66H46N2/c1-65(2)58-33-16-17-34-61(58)68(62-39-36-45(41-60(62)65)49-29-18-21-43-19-6-8-24-48(43)49)64-50-25-9-7-20-44(50)35-40-63(64)67(46-22-4-3-5-23-46)47-37-38-54-53-28-12-15-32-57(53)66(59(54)42-47)55-30-13-10-26-51(55)52-27-11-14-31-56(52)66/h3-42H,1-2H3. The SMILES string of the molecule is CC1(C)c2ccccc2N(c2c(N(c3ccccc3)c3ccc4c(c3)C3(c5ccccc5-c5ccccc53)c3ccccc3-4)ccc3ccccc23)c2ccc(-c3cccc4ccccc34)cc21. The van der Waals surface area contributed by atoms with E-state index in [1.165, 1.54) is 99.7 Å². The van der Waals surface area contributed by atoms with Crippen molar-refractivity contribution in [3.63, 3.8) is 0 Å². The lowest BCUT2D eigenvalue weighted by molar-refractivity contribution is 0.632. The molecule has 0 fully saturated rings. The minimum Gasteiger partial charge on any atom is -0.308 e. The fourth-order valence-corrected chi connectivity index (χ4v) is 12.5. The first kappa shape index (κ1) is 38.8. The Hall–Kier alpha value is -8.46. The normalized spacial score (nSPS) is 14.2. The van der Waals surface area contributed by atoms with Crippen molar-refractivity contribution in [3.05, 3.63) is 276 Å². The number of hydrogen-bond donors (Lipinski definition) is 0. The van der Waals surface area contributed by atoms with Crippen LogP contribution in [0.2, 0.25) is 0 Å². The maximum absolute atomic E-state index is 2.57. The zero-order valence-corrected chi connectivity index (χ0v) is 38.0. The average molecular weight is 867 g/mol. The van der Waals surface area contributed by atoms with E-state index in [2.05, 4.69) is 266 Å². The maximum atomic E-state index is 2.57. The highest BCUT2D eigenvalue weighted by Gasteiger charge is 2.52. The maximum Gasteiger partial charge on any atom is 0.0781 e. The highest BCUT2D eigenvalue weighted by atomic mass is 15.2. The third-order valence-corrected chi connectivity index (χ3v) is 15.4. The van der Waals surface area contributed by atoms with Crippen molar-refractivity contribution in [3.8, 4) is 33.4 Å². The van der Waals surface area contributed by atoms with Crippen LogP contribution in [0.25, 0.3) is 54.9 Å². The van der Waals surface area contributed by atoms with Crippen LogP contribution in [0.4, 0.5) is 34.1 Å². The van der Waals surface area contributed by atoms with Crippen LogP contribution in [0.1, 0.15) is 47.2 Å². The predicted octanol–water partition coefficient (Wildman–Crippen LogP) is 17.6. The Morgan fingerprint density at radius 1 is 0.338 bits per heavy atom. The summed E-state index contributed by atoms with van der Waals surface area (Å²) in [5.74, 6) is 0. The number of nitrogens with zero attached hydrogens (tertiary/aromatic N) is 2. The molecule has 0 atom stereocenters. The average Bonchev–Trinajstić information content (AvgIpc) is 3.86. The molecule has 14 rings (SSSR count). The van der Waals surface area contributed by atoms with E-state index in [1.807, 2.05) is 0 Å². The molecular formula is C66H46N2. The number of hydrogen-bond acceptors (Lipinski definition) is 2. The topological polar surface area (TPSA) is 6.48 Å². The Balaban J connectivity index is 1.04. The van der Waals surface area contributed by atoms with Crippen molar-refractivity contribution in [1.29, 1.82) is 0 Å². The van der Waals surface area contributed by atoms with E-state index in [0.717, 1.165) is 22.7 Å². The molecule has 0 saturated carbocycles. The second-order valence-electron chi connectivity index (χ2n) is 19.2. The van der Waals surface area contributed by atoms with Gasteiger partial charge in [-0.25, -0.2) is 0 Å². The lowest BCUT2D eigenvalue weighted by atomic mass is 9.70. The van der Waals surface area contributed by atoms with Gasteiger partial charge in [-0.3, -0.25) is 0 Å². The summed E-state index contributed by atoms with van der Waals surface area (Å²) in [6.45, 7) is 4.79. The van der Waals surface area contributed by atoms with Gasteiger partial charge in [0.15, 0.2) is 0 Å². The first-order valence-corrected chi connectivity index (χ1v) is 23.8. The summed E-state index contributed by atoms with van der Waals surface area (Å²) in [5, 5.41) is 4.89. The van der Waals surface area contributed by atoms with E-state index >= 15 is 0 Å². The third-order valence-electron chi connectivity index (χ3n) is 15.4. The molecule has 0 unspecified atom stereocenters. The lowest BCUT2D eigenvalue weighted by Gasteiger charge is -2.44. The summed E-state index contributed by atoms with van der Waals surface area (Å²) in [6.07, 6.45) is 0. The lowest BCUT2D eigenvalue weighted by Crippen LogP contribution is -2.31. The predicted molar refractivity (Wildman–Crippen MR) is 285 cm³/mol. The number of fused-ring (bicyclic) bond motifs is 14. The van der Waals surface area contributed by atoms with Gasteiger partial charge >= 0.3 is 0 Å². The molecule has 11 aromatic carbocycles. The first-order valence-electron chi connectivity index (χ1n) is 23.8. The molecule has 0 amide bonds. The van der Waals surface area contributed by atoms with E-state index in [0.29, 0.717) is 0 Å². The van der Waals surface area contributed by atoms with Gasteiger partial charge in [0.2, 0.25) is 0 Å². The molecule has 0 bridgehead atoms. The van der Waals surface area contributed by atoms with Crippen molar-refractivity contribution in [2.75, 3.05) is 9.80 Å². The van der Waals surface area contributed by atoms with Crippen molar-refractivity contribution in [2.24, 2.45) is 0 Å². The molecule has 0 aromatic heterocycles. The molecule has 0 saturated heterocycles. The summed E-state index contributed by atoms with van der Waals surface area (Å²) >= 11 is 0. The largest absolute Gasteiger partial charge is 0.308 e. The Bertz CT molecular complexity index is 3790. The van der Waals surface area contributed by atoms with E-state index in [-0.39, 0.29) is 5.41 Å². The molecule has 68 heavy (non-hydrogen) atoms. The minimum atomic E-state index is -0.470. The smallest absolute Gasteiger partial charge is 0.0781 e.